The largest absolute Gasteiger partial charge is 0.366 e. The van der Waals surface area contributed by atoms with Crippen molar-refractivity contribution in [3.63, 3.8) is 0 Å². The number of nitrogens with two attached hydrogens (primary N) is 1. The molecule has 1 fully saturated rings. The number of nitrogens with zero attached hydrogens (tertiary/aromatic N) is 4. The van der Waals surface area contributed by atoms with Gasteiger partial charge < -0.3 is 25.4 Å². The minimum Gasteiger partial charge on any atom is -0.366 e. The van der Waals surface area contributed by atoms with Crippen molar-refractivity contribution in [2.45, 2.75) is 38.5 Å². The number of halogens is 2. The van der Waals surface area contributed by atoms with Crippen LogP contribution >= 0.6 is 15.9 Å². The van der Waals surface area contributed by atoms with Crippen LogP contribution in [0.25, 0.3) is 5.57 Å². The summed E-state index contributed by atoms with van der Waals surface area (Å²) >= 11 is 3.23. The number of rotatable bonds is 6. The van der Waals surface area contributed by atoms with Gasteiger partial charge in [-0.2, -0.15) is 0 Å². The molecular formula is C24H26BrFN6O4. The first-order valence-corrected chi connectivity index (χ1v) is 12.2. The standard InChI is InChI=1S/C24H26BrFN6O4/c1-14(33)31-7-5-15(6-8-31)17-11-30(12-18(17)23(27)35)13-22(34)32-10-16(26)9-19(32)24(36)29-21-4-2-3-20(25)28-21/h2-5,11-12,16,19H,6-10,13H2,1H3,(H2,27,35)(H,28,29,36)/t16-,19+/m1/s1. The number of anilines is 1. The molecule has 3 N–H and O–H groups in total. The summed E-state index contributed by atoms with van der Waals surface area (Å²) < 4.78 is 16.3. The average Bonchev–Trinajstić information content (AvgIpc) is 3.43. The number of aromatic nitrogens is 2. The maximum atomic E-state index is 14.3. The zero-order chi connectivity index (χ0) is 26.0. The highest BCUT2D eigenvalue weighted by atomic mass is 79.9. The van der Waals surface area contributed by atoms with E-state index in [0.717, 1.165) is 5.57 Å². The number of amides is 4. The van der Waals surface area contributed by atoms with Crippen molar-refractivity contribution in [3.05, 3.63) is 52.4 Å². The minimum absolute atomic E-state index is 0.0327. The lowest BCUT2D eigenvalue weighted by molar-refractivity contribution is -0.137. The zero-order valence-corrected chi connectivity index (χ0v) is 21.2. The molecule has 2 aliphatic rings. The van der Waals surface area contributed by atoms with Crippen LogP contribution in [0.1, 0.15) is 35.7 Å². The highest BCUT2D eigenvalue weighted by Gasteiger charge is 2.40. The summed E-state index contributed by atoms with van der Waals surface area (Å²) in [5, 5.41) is 2.63. The van der Waals surface area contributed by atoms with Crippen LogP contribution in [0.2, 0.25) is 0 Å². The van der Waals surface area contributed by atoms with Crippen LogP contribution in [0.3, 0.4) is 0 Å². The maximum Gasteiger partial charge on any atom is 0.250 e. The Labute approximate surface area is 215 Å². The van der Waals surface area contributed by atoms with E-state index >= 15 is 0 Å². The van der Waals surface area contributed by atoms with Gasteiger partial charge in [0.1, 0.15) is 29.2 Å². The Morgan fingerprint density at radius 2 is 2.03 bits per heavy atom. The molecule has 2 aromatic heterocycles. The Morgan fingerprint density at radius 3 is 2.67 bits per heavy atom. The quantitative estimate of drug-likeness (QED) is 0.521. The number of primary amides is 1. The van der Waals surface area contributed by atoms with Crippen LogP contribution in [-0.2, 0) is 20.9 Å². The normalized spacial score (nSPS) is 19.7. The highest BCUT2D eigenvalue weighted by Crippen LogP contribution is 2.27. The van der Waals surface area contributed by atoms with Crippen LogP contribution in [0.4, 0.5) is 10.2 Å². The maximum absolute atomic E-state index is 14.3. The topological polar surface area (TPSA) is 131 Å². The summed E-state index contributed by atoms with van der Waals surface area (Å²) in [6.45, 7) is 2.03. The Balaban J connectivity index is 1.50. The number of carbonyl (C=O) groups is 4. The van der Waals surface area contributed by atoms with E-state index < -0.39 is 29.9 Å². The van der Waals surface area contributed by atoms with Crippen LogP contribution in [0.5, 0.6) is 0 Å². The van der Waals surface area contributed by atoms with E-state index in [1.807, 2.05) is 6.08 Å². The molecule has 4 rings (SSSR count). The van der Waals surface area contributed by atoms with Crippen molar-refractivity contribution in [3.8, 4) is 0 Å². The molecule has 4 amide bonds. The molecule has 10 nitrogen and oxygen atoms in total. The van der Waals surface area contributed by atoms with Gasteiger partial charge in [0.05, 0.1) is 12.1 Å². The number of hydrogen-bond donors (Lipinski definition) is 2. The van der Waals surface area contributed by atoms with E-state index in [2.05, 4.69) is 26.2 Å². The Kier molecular flexibility index (Phi) is 7.53. The lowest BCUT2D eigenvalue weighted by atomic mass is 9.98. The summed E-state index contributed by atoms with van der Waals surface area (Å²) in [5.41, 5.74) is 7.28. The van der Waals surface area contributed by atoms with Gasteiger partial charge in [-0.3, -0.25) is 19.2 Å². The number of likely N-dealkylation sites (tertiary alicyclic amines) is 1. The van der Waals surface area contributed by atoms with Crippen LogP contribution in [0.15, 0.2) is 41.3 Å². The van der Waals surface area contributed by atoms with Crippen molar-refractivity contribution >= 4 is 50.9 Å². The molecular weight excluding hydrogens is 535 g/mol. The molecule has 1 saturated heterocycles. The fourth-order valence-electron chi connectivity index (χ4n) is 4.49. The lowest BCUT2D eigenvalue weighted by Crippen LogP contribution is -2.44. The predicted molar refractivity (Wildman–Crippen MR) is 133 cm³/mol. The molecule has 12 heteroatoms. The Bertz CT molecular complexity index is 1240. The average molecular weight is 561 g/mol. The van der Waals surface area contributed by atoms with E-state index in [-0.39, 0.29) is 36.8 Å². The van der Waals surface area contributed by atoms with E-state index in [9.17, 15) is 23.6 Å². The fourth-order valence-corrected chi connectivity index (χ4v) is 4.84. The predicted octanol–water partition coefficient (Wildman–Crippen LogP) is 1.96. The lowest BCUT2D eigenvalue weighted by Gasteiger charge is -2.25. The number of pyridine rings is 1. The van der Waals surface area contributed by atoms with Gasteiger partial charge in [-0.05, 0) is 40.1 Å². The third kappa shape index (κ3) is 5.64. The summed E-state index contributed by atoms with van der Waals surface area (Å²) in [7, 11) is 0. The molecule has 36 heavy (non-hydrogen) atoms. The van der Waals surface area contributed by atoms with E-state index in [4.69, 9.17) is 5.73 Å². The Morgan fingerprint density at radius 1 is 1.25 bits per heavy atom. The molecule has 0 aliphatic carbocycles. The summed E-state index contributed by atoms with van der Waals surface area (Å²) in [5.74, 6) is -1.38. The van der Waals surface area contributed by atoms with Crippen molar-refractivity contribution in [1.29, 1.82) is 0 Å². The smallest absolute Gasteiger partial charge is 0.250 e. The second-order valence-electron chi connectivity index (χ2n) is 8.80. The number of nitrogens with one attached hydrogen (secondary N) is 1. The van der Waals surface area contributed by atoms with Gasteiger partial charge in [-0.25, -0.2) is 9.37 Å². The summed E-state index contributed by atoms with van der Waals surface area (Å²) in [6.07, 6.45) is 4.09. The van der Waals surface area contributed by atoms with Crippen molar-refractivity contribution in [2.24, 2.45) is 5.73 Å². The van der Waals surface area contributed by atoms with Gasteiger partial charge >= 0.3 is 0 Å². The van der Waals surface area contributed by atoms with Gasteiger partial charge in [-0.1, -0.05) is 12.1 Å². The third-order valence-electron chi connectivity index (χ3n) is 6.30. The number of hydrogen-bond acceptors (Lipinski definition) is 5. The minimum atomic E-state index is -1.34. The SMILES string of the molecule is CC(=O)N1CC=C(c2cn(CC(=O)N3C[C@H](F)C[C@H]3C(=O)Nc3cccc(Br)n3)cc2C(N)=O)CC1. The molecule has 0 bridgehead atoms. The van der Waals surface area contributed by atoms with E-state index in [1.165, 1.54) is 22.6 Å². The zero-order valence-electron chi connectivity index (χ0n) is 19.6. The molecule has 2 atom stereocenters. The van der Waals surface area contributed by atoms with Crippen LogP contribution < -0.4 is 11.1 Å². The van der Waals surface area contributed by atoms with Gasteiger partial charge in [0.2, 0.25) is 17.7 Å². The van der Waals surface area contributed by atoms with Crippen LogP contribution in [-0.4, -0.2) is 74.8 Å². The summed E-state index contributed by atoms with van der Waals surface area (Å²) in [4.78, 5) is 56.7. The number of alkyl halides is 1. The molecule has 4 heterocycles. The summed E-state index contributed by atoms with van der Waals surface area (Å²) in [6, 6.07) is 4.01. The second-order valence-corrected chi connectivity index (χ2v) is 9.61. The van der Waals surface area contributed by atoms with Gasteiger partial charge in [0.25, 0.3) is 5.91 Å². The van der Waals surface area contributed by atoms with Crippen molar-refractivity contribution in [2.75, 3.05) is 25.0 Å². The molecule has 2 aliphatic heterocycles. The number of carbonyl (C=O) groups excluding carboxylic acids is 4. The van der Waals surface area contributed by atoms with Crippen LogP contribution in [0, 0.1) is 0 Å². The molecule has 0 radical (unpaired) electrons. The van der Waals surface area contributed by atoms with Crippen molar-refractivity contribution in [1.82, 2.24) is 19.4 Å². The van der Waals surface area contributed by atoms with Gasteiger partial charge in [0, 0.05) is 44.4 Å². The van der Waals surface area contributed by atoms with E-state index in [1.54, 1.807) is 29.3 Å². The monoisotopic (exact) mass is 560 g/mol. The van der Waals surface area contributed by atoms with Crippen molar-refractivity contribution < 1.29 is 23.6 Å². The molecule has 190 valence electrons. The molecule has 2 aromatic rings. The molecule has 0 unspecified atom stereocenters. The van der Waals surface area contributed by atoms with E-state index in [0.29, 0.717) is 29.7 Å². The first-order chi connectivity index (χ1) is 17.1. The highest BCUT2D eigenvalue weighted by molar-refractivity contribution is 9.10. The van der Waals surface area contributed by atoms with Gasteiger partial charge in [0.15, 0.2) is 0 Å². The van der Waals surface area contributed by atoms with Gasteiger partial charge in [-0.15, -0.1) is 0 Å². The molecule has 0 saturated carbocycles. The second kappa shape index (κ2) is 10.6. The molecule has 0 spiro atoms. The fraction of sp³-hybridized carbons (Fsp3) is 0.375. The molecule has 0 aromatic carbocycles. The first kappa shape index (κ1) is 25.5. The third-order valence-corrected chi connectivity index (χ3v) is 6.74. The Hall–Kier alpha value is -3.54. The first-order valence-electron chi connectivity index (χ1n) is 11.4.